The van der Waals surface area contributed by atoms with Crippen LogP contribution in [0.4, 0.5) is 10.5 Å². The monoisotopic (exact) mass is 412 g/mol. The molecule has 0 atom stereocenters. The van der Waals surface area contributed by atoms with Gasteiger partial charge in [-0.05, 0) is 24.3 Å². The first-order valence-corrected chi connectivity index (χ1v) is 8.79. The fourth-order valence-electron chi connectivity index (χ4n) is 2.96. The lowest BCUT2D eigenvalue weighted by atomic mass is 10.1. The summed E-state index contributed by atoms with van der Waals surface area (Å²) in [5.41, 5.74) is 0.408. The van der Waals surface area contributed by atoms with Gasteiger partial charge in [0.1, 0.15) is 17.1 Å². The zero-order chi connectivity index (χ0) is 21.8. The molecule has 1 aliphatic rings. The lowest BCUT2D eigenvalue weighted by molar-refractivity contribution is -0.122. The Morgan fingerprint density at radius 1 is 0.833 bits per heavy atom. The molecular formula is C21H20N2O7. The number of benzene rings is 2. The third kappa shape index (κ3) is 3.77. The number of amides is 4. The van der Waals surface area contributed by atoms with Crippen LogP contribution in [0, 0.1) is 0 Å². The van der Waals surface area contributed by atoms with Crippen molar-refractivity contribution in [3.8, 4) is 23.0 Å². The summed E-state index contributed by atoms with van der Waals surface area (Å²) in [6.07, 6.45) is 1.33. The number of barbiturate groups is 1. The minimum absolute atomic E-state index is 0.247. The first-order valence-electron chi connectivity index (χ1n) is 8.79. The summed E-state index contributed by atoms with van der Waals surface area (Å²) in [6, 6.07) is 8.67. The SMILES string of the molecule is COc1cccc(N2C(=O)NC(=O)/C(=C/c3cc(OC)c(OC)cc3OC)C2=O)c1. The van der Waals surface area contributed by atoms with Crippen molar-refractivity contribution in [3.63, 3.8) is 0 Å². The molecule has 9 nitrogen and oxygen atoms in total. The molecule has 0 saturated carbocycles. The van der Waals surface area contributed by atoms with E-state index in [0.717, 1.165) is 4.90 Å². The van der Waals surface area contributed by atoms with E-state index in [1.54, 1.807) is 30.3 Å². The molecule has 2 aromatic rings. The van der Waals surface area contributed by atoms with Gasteiger partial charge in [0.2, 0.25) is 0 Å². The zero-order valence-electron chi connectivity index (χ0n) is 16.8. The Balaban J connectivity index is 2.09. The van der Waals surface area contributed by atoms with Crippen LogP contribution in [0.2, 0.25) is 0 Å². The fraction of sp³-hybridized carbons (Fsp3) is 0.190. The highest BCUT2D eigenvalue weighted by Crippen LogP contribution is 2.36. The number of urea groups is 1. The van der Waals surface area contributed by atoms with Crippen molar-refractivity contribution >= 4 is 29.6 Å². The van der Waals surface area contributed by atoms with Gasteiger partial charge >= 0.3 is 6.03 Å². The predicted octanol–water partition coefficient (Wildman–Crippen LogP) is 2.39. The number of nitrogens with one attached hydrogen (secondary N) is 1. The fourth-order valence-corrected chi connectivity index (χ4v) is 2.96. The van der Waals surface area contributed by atoms with Crippen LogP contribution in [-0.4, -0.2) is 46.3 Å². The number of anilines is 1. The third-order valence-electron chi connectivity index (χ3n) is 4.45. The minimum atomic E-state index is -0.852. The van der Waals surface area contributed by atoms with Gasteiger partial charge in [-0.25, -0.2) is 9.69 Å². The highest BCUT2D eigenvalue weighted by atomic mass is 16.5. The van der Waals surface area contributed by atoms with Gasteiger partial charge in [-0.15, -0.1) is 0 Å². The molecule has 4 amide bonds. The highest BCUT2D eigenvalue weighted by Gasteiger charge is 2.37. The largest absolute Gasteiger partial charge is 0.497 e. The molecular weight excluding hydrogens is 392 g/mol. The molecule has 2 aromatic carbocycles. The van der Waals surface area contributed by atoms with Crippen LogP contribution in [0.3, 0.4) is 0 Å². The van der Waals surface area contributed by atoms with Gasteiger partial charge in [-0.1, -0.05) is 6.07 Å². The molecule has 1 aliphatic heterocycles. The molecule has 1 fully saturated rings. The van der Waals surface area contributed by atoms with Crippen LogP contribution >= 0.6 is 0 Å². The van der Waals surface area contributed by atoms with Gasteiger partial charge in [0.25, 0.3) is 11.8 Å². The van der Waals surface area contributed by atoms with Gasteiger partial charge in [0.05, 0.1) is 34.1 Å². The maximum Gasteiger partial charge on any atom is 0.335 e. The molecule has 1 N–H and O–H groups in total. The van der Waals surface area contributed by atoms with Gasteiger partial charge in [0.15, 0.2) is 11.5 Å². The van der Waals surface area contributed by atoms with Crippen molar-refractivity contribution < 1.29 is 33.3 Å². The van der Waals surface area contributed by atoms with Gasteiger partial charge in [-0.2, -0.15) is 0 Å². The quantitative estimate of drug-likeness (QED) is 0.574. The van der Waals surface area contributed by atoms with Crippen LogP contribution in [-0.2, 0) is 9.59 Å². The number of imide groups is 2. The summed E-state index contributed by atoms with van der Waals surface area (Å²) < 4.78 is 21.0. The number of carbonyl (C=O) groups excluding carboxylic acids is 3. The topological polar surface area (TPSA) is 103 Å². The Labute approximate surface area is 172 Å². The standard InChI is InChI=1S/C21H20N2O7/c1-27-14-7-5-6-13(10-14)23-20(25)15(19(24)22-21(23)26)8-12-9-17(29-3)18(30-4)11-16(12)28-2/h5-11H,1-4H3,(H,22,24,26)/b15-8-. The van der Waals surface area contributed by atoms with Gasteiger partial charge in [-0.3, -0.25) is 14.9 Å². The van der Waals surface area contributed by atoms with Crippen LogP contribution in [0.5, 0.6) is 23.0 Å². The Morgan fingerprint density at radius 2 is 1.50 bits per heavy atom. The lowest BCUT2D eigenvalue weighted by Gasteiger charge is -2.26. The normalized spacial score (nSPS) is 15.1. The van der Waals surface area contributed by atoms with Crippen molar-refractivity contribution in [3.05, 3.63) is 47.5 Å². The van der Waals surface area contributed by atoms with Gasteiger partial charge < -0.3 is 18.9 Å². The molecule has 0 radical (unpaired) electrons. The summed E-state index contributed by atoms with van der Waals surface area (Å²) in [6.45, 7) is 0. The summed E-state index contributed by atoms with van der Waals surface area (Å²) in [4.78, 5) is 38.7. The number of hydrogen-bond acceptors (Lipinski definition) is 7. The third-order valence-corrected chi connectivity index (χ3v) is 4.45. The Morgan fingerprint density at radius 3 is 2.13 bits per heavy atom. The summed E-state index contributed by atoms with van der Waals surface area (Å²) in [5.74, 6) is 0.0103. The summed E-state index contributed by atoms with van der Waals surface area (Å²) in [7, 11) is 5.85. The second kappa shape index (κ2) is 8.56. The summed E-state index contributed by atoms with van der Waals surface area (Å²) in [5, 5.41) is 2.18. The Kier molecular flexibility index (Phi) is 5.91. The maximum atomic E-state index is 13.1. The second-order valence-electron chi connectivity index (χ2n) is 6.11. The number of ether oxygens (including phenoxy) is 4. The van der Waals surface area contributed by atoms with E-state index in [2.05, 4.69) is 5.32 Å². The smallest absolute Gasteiger partial charge is 0.335 e. The van der Waals surface area contributed by atoms with Crippen molar-refractivity contribution in [2.24, 2.45) is 0 Å². The lowest BCUT2D eigenvalue weighted by Crippen LogP contribution is -2.54. The Hall–Kier alpha value is -4.01. The molecule has 0 aromatic heterocycles. The average Bonchev–Trinajstić information content (AvgIpc) is 2.76. The van der Waals surface area contributed by atoms with Crippen molar-refractivity contribution in [1.82, 2.24) is 5.32 Å². The highest BCUT2D eigenvalue weighted by molar-refractivity contribution is 6.39. The van der Waals surface area contributed by atoms with E-state index >= 15 is 0 Å². The number of methoxy groups -OCH3 is 4. The van der Waals surface area contributed by atoms with Crippen molar-refractivity contribution in [2.75, 3.05) is 33.3 Å². The first-order chi connectivity index (χ1) is 14.4. The van der Waals surface area contributed by atoms with E-state index in [4.69, 9.17) is 18.9 Å². The number of rotatable bonds is 6. The van der Waals surface area contributed by atoms with Crippen molar-refractivity contribution in [1.29, 1.82) is 0 Å². The van der Waals surface area contributed by atoms with E-state index in [1.165, 1.54) is 40.6 Å². The van der Waals surface area contributed by atoms with E-state index in [9.17, 15) is 14.4 Å². The van der Waals surface area contributed by atoms with E-state index in [-0.39, 0.29) is 11.3 Å². The molecule has 9 heteroatoms. The molecule has 0 aliphatic carbocycles. The molecule has 0 spiro atoms. The number of hydrogen-bond donors (Lipinski definition) is 1. The minimum Gasteiger partial charge on any atom is -0.497 e. The molecule has 1 heterocycles. The first kappa shape index (κ1) is 20.7. The molecule has 0 unspecified atom stereocenters. The van der Waals surface area contributed by atoms with E-state index in [0.29, 0.717) is 28.6 Å². The molecule has 0 bridgehead atoms. The van der Waals surface area contributed by atoms with Crippen molar-refractivity contribution in [2.45, 2.75) is 0 Å². The van der Waals surface area contributed by atoms with Crippen LogP contribution in [0.25, 0.3) is 6.08 Å². The molecule has 156 valence electrons. The Bertz CT molecular complexity index is 1050. The zero-order valence-corrected chi connectivity index (χ0v) is 16.8. The average molecular weight is 412 g/mol. The molecule has 1 saturated heterocycles. The predicted molar refractivity (Wildman–Crippen MR) is 108 cm³/mol. The molecule has 30 heavy (non-hydrogen) atoms. The molecule has 3 rings (SSSR count). The van der Waals surface area contributed by atoms with Crippen LogP contribution < -0.4 is 29.2 Å². The number of nitrogens with zero attached hydrogens (tertiary/aromatic N) is 1. The van der Waals surface area contributed by atoms with Crippen LogP contribution in [0.15, 0.2) is 42.0 Å². The van der Waals surface area contributed by atoms with Gasteiger partial charge in [0, 0.05) is 17.7 Å². The number of carbonyl (C=O) groups is 3. The van der Waals surface area contributed by atoms with Crippen LogP contribution in [0.1, 0.15) is 5.56 Å². The summed E-state index contributed by atoms with van der Waals surface area (Å²) >= 11 is 0. The van der Waals surface area contributed by atoms with E-state index < -0.39 is 17.8 Å². The van der Waals surface area contributed by atoms with E-state index in [1.807, 2.05) is 0 Å². The maximum absolute atomic E-state index is 13.1. The second-order valence-corrected chi connectivity index (χ2v) is 6.11.